The first-order chi connectivity index (χ1) is 21.3. The number of Topliss-reactive ketones (excluding diaryl/α,β-unsaturated/α-hetero) is 1. The molecule has 0 saturated carbocycles. The lowest BCUT2D eigenvalue weighted by Crippen LogP contribution is -2.37. The lowest BCUT2D eigenvalue weighted by Gasteiger charge is -2.26. The standard InChI is InChI=1S/C39H78NO3P/c1-5-6-7-8-9-10-11-15-18-21-24-27-30-33-38(41)34-31-28-25-22-19-16-13-12-14-17-20-23-26-29-32-35-39(42)44-43-37-36-40(2,3)4/h5-37H2,1-4H3. The van der Waals surface area contributed by atoms with Crippen LogP contribution in [0.15, 0.2) is 0 Å². The maximum atomic E-state index is 12.2. The second-order valence-electron chi connectivity index (χ2n) is 14.7. The van der Waals surface area contributed by atoms with Crippen LogP contribution in [0.5, 0.6) is 0 Å². The molecule has 0 unspecified atom stereocenters. The first-order valence-electron chi connectivity index (χ1n) is 19.5. The maximum Gasteiger partial charge on any atom is 0.132 e. The summed E-state index contributed by atoms with van der Waals surface area (Å²) in [6.45, 7) is 3.87. The van der Waals surface area contributed by atoms with Crippen LogP contribution in [0.2, 0.25) is 0 Å². The van der Waals surface area contributed by atoms with Crippen LogP contribution in [-0.2, 0) is 14.1 Å². The molecule has 262 valence electrons. The van der Waals surface area contributed by atoms with E-state index in [0.29, 0.717) is 27.6 Å². The van der Waals surface area contributed by atoms with Crippen molar-refractivity contribution in [2.45, 2.75) is 206 Å². The number of nitrogens with zero attached hydrogens (tertiary/aromatic N) is 1. The smallest absolute Gasteiger partial charge is 0.132 e. The van der Waals surface area contributed by atoms with E-state index in [4.69, 9.17) is 4.52 Å². The maximum absolute atomic E-state index is 12.2. The van der Waals surface area contributed by atoms with Gasteiger partial charge in [-0.1, -0.05) is 167 Å². The third kappa shape index (κ3) is 37.9. The van der Waals surface area contributed by atoms with Gasteiger partial charge in [0.2, 0.25) is 0 Å². The summed E-state index contributed by atoms with van der Waals surface area (Å²) < 4.78 is 6.36. The first kappa shape index (κ1) is 43.7. The minimum atomic E-state index is 0.233. The fraction of sp³-hybridized carbons (Fsp3) is 0.949. The molecule has 0 heterocycles. The fourth-order valence-corrected chi connectivity index (χ4v) is 6.41. The average molecular weight is 640 g/mol. The molecule has 0 radical (unpaired) electrons. The molecule has 5 heteroatoms. The summed E-state index contributed by atoms with van der Waals surface area (Å²) in [6.07, 6.45) is 39.5. The van der Waals surface area contributed by atoms with Crippen molar-refractivity contribution in [2.24, 2.45) is 0 Å². The Labute approximate surface area is 278 Å². The van der Waals surface area contributed by atoms with E-state index < -0.39 is 0 Å². The molecule has 0 aliphatic rings. The van der Waals surface area contributed by atoms with Crippen molar-refractivity contribution in [3.8, 4) is 0 Å². The Hall–Kier alpha value is -0.310. The Morgan fingerprint density at radius 3 is 1.07 bits per heavy atom. The Morgan fingerprint density at radius 1 is 0.455 bits per heavy atom. The zero-order valence-corrected chi connectivity index (χ0v) is 31.3. The van der Waals surface area contributed by atoms with Gasteiger partial charge in [0.15, 0.2) is 0 Å². The van der Waals surface area contributed by atoms with Gasteiger partial charge < -0.3 is 22.6 Å². The van der Waals surface area contributed by atoms with Crippen molar-refractivity contribution in [3.63, 3.8) is 0 Å². The highest BCUT2D eigenvalue weighted by Gasteiger charge is 2.04. The van der Waals surface area contributed by atoms with Crippen LogP contribution in [0, 0.1) is 0 Å². The fourth-order valence-electron chi connectivity index (χ4n) is 5.84. The Bertz CT molecular complexity index is 619. The molecule has 4 nitrogen and oxygen atoms in total. The predicted molar refractivity (Wildman–Crippen MR) is 195 cm³/mol. The van der Waals surface area contributed by atoms with E-state index in [-0.39, 0.29) is 5.52 Å². The number of likely N-dealkylation sites (N-methyl/N-ethyl adjacent to an activating group) is 1. The summed E-state index contributed by atoms with van der Waals surface area (Å²) in [7, 11) is 6.96. The second-order valence-corrected chi connectivity index (χ2v) is 15.6. The Kier molecular flexibility index (Phi) is 33.8. The van der Waals surface area contributed by atoms with Gasteiger partial charge in [-0.05, 0) is 25.7 Å². The lowest BCUT2D eigenvalue weighted by atomic mass is 10.0. The molecular formula is C39H78NO3P. The number of rotatable bonds is 37. The molecule has 0 aliphatic carbocycles. The molecule has 0 aliphatic heterocycles. The van der Waals surface area contributed by atoms with Crippen LogP contribution in [0.4, 0.5) is 0 Å². The molecule has 0 spiro atoms. The molecule has 0 atom stereocenters. The van der Waals surface area contributed by atoms with Crippen molar-refractivity contribution in [1.29, 1.82) is 0 Å². The van der Waals surface area contributed by atoms with Gasteiger partial charge in [-0.15, -0.1) is 0 Å². The monoisotopic (exact) mass is 640 g/mol. The van der Waals surface area contributed by atoms with Crippen molar-refractivity contribution < 1.29 is 18.6 Å². The van der Waals surface area contributed by atoms with Crippen LogP contribution in [0.25, 0.3) is 0 Å². The summed E-state index contributed by atoms with van der Waals surface area (Å²) >= 11 is 0. The first-order valence-corrected chi connectivity index (χ1v) is 20.3. The molecule has 0 aromatic rings. The van der Waals surface area contributed by atoms with E-state index in [0.717, 1.165) is 43.1 Å². The van der Waals surface area contributed by atoms with Crippen molar-refractivity contribution in [2.75, 3.05) is 34.3 Å². The lowest BCUT2D eigenvalue weighted by molar-refractivity contribution is -0.870. The SMILES string of the molecule is CCCCCCCCCCCCCCCC(=O)CCCCCCCCCCCCCCCCCC(=O)[P-]OCC[N+](C)(C)C. The van der Waals surface area contributed by atoms with Gasteiger partial charge in [-0.25, -0.2) is 0 Å². The number of quaternary nitrogens is 1. The topological polar surface area (TPSA) is 43.4 Å². The quantitative estimate of drug-likeness (QED) is 0.0386. The van der Waals surface area contributed by atoms with Crippen molar-refractivity contribution in [1.82, 2.24) is 0 Å². The van der Waals surface area contributed by atoms with Crippen molar-refractivity contribution in [3.05, 3.63) is 0 Å². The minimum absolute atomic E-state index is 0.233. The van der Waals surface area contributed by atoms with Gasteiger partial charge in [0.05, 0.1) is 34.3 Å². The van der Waals surface area contributed by atoms with Gasteiger partial charge in [0.1, 0.15) is 5.78 Å². The molecule has 44 heavy (non-hydrogen) atoms. The zero-order valence-electron chi connectivity index (χ0n) is 30.5. The molecule has 0 rings (SSSR count). The van der Waals surface area contributed by atoms with E-state index in [1.165, 1.54) is 161 Å². The zero-order chi connectivity index (χ0) is 32.4. The Morgan fingerprint density at radius 2 is 0.750 bits per heavy atom. The number of carbonyl (C=O) groups excluding carboxylic acids is 2. The van der Waals surface area contributed by atoms with Crippen LogP contribution >= 0.6 is 8.81 Å². The Balaban J connectivity index is 3.21. The predicted octanol–water partition coefficient (Wildman–Crippen LogP) is 12.8. The molecule has 0 saturated heterocycles. The van der Waals surface area contributed by atoms with E-state index in [1.807, 2.05) is 0 Å². The van der Waals surface area contributed by atoms with Gasteiger partial charge in [-0.3, -0.25) is 4.79 Å². The van der Waals surface area contributed by atoms with E-state index >= 15 is 0 Å². The second kappa shape index (κ2) is 34.0. The van der Waals surface area contributed by atoms with Gasteiger partial charge in [-0.2, -0.15) is 0 Å². The summed E-state index contributed by atoms with van der Waals surface area (Å²) in [6, 6.07) is 0. The largest absolute Gasteiger partial charge is 0.546 e. The number of hydrogen-bond acceptors (Lipinski definition) is 3. The molecular weight excluding hydrogens is 561 g/mol. The molecule has 0 aromatic carbocycles. The van der Waals surface area contributed by atoms with Crippen molar-refractivity contribution >= 4 is 20.1 Å². The highest BCUT2D eigenvalue weighted by molar-refractivity contribution is 7.53. The molecule has 0 aromatic heterocycles. The summed E-state index contributed by atoms with van der Waals surface area (Å²) in [5.41, 5.74) is 0.233. The summed E-state index contributed by atoms with van der Waals surface area (Å²) in [4.78, 5) is 24.1. The number of unbranched alkanes of at least 4 members (excludes halogenated alkanes) is 26. The molecule has 0 fully saturated rings. The third-order valence-electron chi connectivity index (χ3n) is 8.93. The third-order valence-corrected chi connectivity index (χ3v) is 9.66. The molecule has 0 amide bonds. The average Bonchev–Trinajstić information content (AvgIpc) is 2.98. The molecule has 0 N–H and O–H groups in total. The number of hydrogen-bond donors (Lipinski definition) is 0. The number of carbonyl (C=O) groups is 2. The van der Waals surface area contributed by atoms with Gasteiger partial charge in [0, 0.05) is 18.4 Å². The van der Waals surface area contributed by atoms with Gasteiger partial charge in [0.25, 0.3) is 0 Å². The highest BCUT2D eigenvalue weighted by Crippen LogP contribution is 2.19. The highest BCUT2D eigenvalue weighted by atomic mass is 31.1. The van der Waals surface area contributed by atoms with E-state index in [1.54, 1.807) is 0 Å². The van der Waals surface area contributed by atoms with Crippen LogP contribution in [-0.4, -0.2) is 50.1 Å². The van der Waals surface area contributed by atoms with Gasteiger partial charge >= 0.3 is 0 Å². The number of ketones is 1. The van der Waals surface area contributed by atoms with E-state index in [2.05, 4.69) is 28.1 Å². The van der Waals surface area contributed by atoms with Crippen LogP contribution < -0.4 is 0 Å². The minimum Gasteiger partial charge on any atom is -0.546 e. The normalized spacial score (nSPS) is 12.1. The summed E-state index contributed by atoms with van der Waals surface area (Å²) in [5.74, 6) is 0.509. The van der Waals surface area contributed by atoms with Crippen LogP contribution in [0.3, 0.4) is 0 Å². The molecule has 0 bridgehead atoms. The van der Waals surface area contributed by atoms with Crippen LogP contribution in [0.1, 0.15) is 206 Å². The van der Waals surface area contributed by atoms with E-state index in [9.17, 15) is 9.59 Å². The summed E-state index contributed by atoms with van der Waals surface area (Å²) in [5, 5.41) is 0.